The van der Waals surface area contributed by atoms with E-state index < -0.39 is 0 Å². The Labute approximate surface area is 91.5 Å². The first-order valence-electron chi connectivity index (χ1n) is 4.79. The molecule has 0 amide bonds. The fraction of sp³-hybridized carbons (Fsp3) is 0.667. The largest absolute Gasteiger partial charge is 0.300 e. The zero-order valence-corrected chi connectivity index (χ0v) is 9.66. The Morgan fingerprint density at radius 1 is 1.64 bits per heavy atom. The van der Waals surface area contributed by atoms with Crippen molar-refractivity contribution in [2.24, 2.45) is 0 Å². The second-order valence-electron chi connectivity index (χ2n) is 3.35. The fourth-order valence-electron chi connectivity index (χ4n) is 1.45. The minimum Gasteiger partial charge on any atom is -0.300 e. The Balaban J connectivity index is 1.93. The van der Waals surface area contributed by atoms with Crippen LogP contribution in [0.15, 0.2) is 4.34 Å². The molecule has 76 valence electrons. The van der Waals surface area contributed by atoms with Gasteiger partial charge in [-0.05, 0) is 18.0 Å². The van der Waals surface area contributed by atoms with Crippen molar-refractivity contribution in [2.45, 2.75) is 42.2 Å². The van der Waals surface area contributed by atoms with Crippen LogP contribution in [0.3, 0.4) is 0 Å². The van der Waals surface area contributed by atoms with Gasteiger partial charge in [-0.25, -0.2) is 4.98 Å². The van der Waals surface area contributed by atoms with Gasteiger partial charge in [0.05, 0.1) is 0 Å². The second-order valence-corrected chi connectivity index (χ2v) is 5.65. The predicted molar refractivity (Wildman–Crippen MR) is 57.8 cm³/mol. The van der Waals surface area contributed by atoms with Crippen LogP contribution in [-0.4, -0.2) is 20.4 Å². The SMILES string of the molecule is CCc1nsc(SC2CCC(=O)C2)n1. The maximum atomic E-state index is 11.1. The molecule has 1 aliphatic rings. The molecule has 0 saturated heterocycles. The molecule has 0 bridgehead atoms. The summed E-state index contributed by atoms with van der Waals surface area (Å²) in [5, 5.41) is 0.445. The summed E-state index contributed by atoms with van der Waals surface area (Å²) in [5.74, 6) is 1.31. The molecule has 1 saturated carbocycles. The average molecular weight is 228 g/mol. The van der Waals surface area contributed by atoms with Gasteiger partial charge in [-0.15, -0.1) is 0 Å². The second kappa shape index (κ2) is 4.40. The Morgan fingerprint density at radius 3 is 3.07 bits per heavy atom. The summed E-state index contributed by atoms with van der Waals surface area (Å²) in [6, 6.07) is 0. The lowest BCUT2D eigenvalue weighted by Gasteiger charge is -2.02. The summed E-state index contributed by atoms with van der Waals surface area (Å²) in [5.41, 5.74) is 0. The normalized spacial score (nSPS) is 21.8. The third-order valence-electron chi connectivity index (χ3n) is 2.23. The molecule has 1 aromatic rings. The molecule has 1 fully saturated rings. The van der Waals surface area contributed by atoms with Gasteiger partial charge >= 0.3 is 0 Å². The van der Waals surface area contributed by atoms with Crippen molar-refractivity contribution in [3.63, 3.8) is 0 Å². The number of aromatic nitrogens is 2. The molecule has 5 heteroatoms. The quantitative estimate of drug-likeness (QED) is 0.796. The molecule has 0 aromatic carbocycles. The van der Waals surface area contributed by atoms with Gasteiger partial charge in [0.2, 0.25) is 0 Å². The van der Waals surface area contributed by atoms with E-state index in [4.69, 9.17) is 0 Å². The van der Waals surface area contributed by atoms with Crippen molar-refractivity contribution in [3.8, 4) is 0 Å². The van der Waals surface area contributed by atoms with Crippen LogP contribution in [0.5, 0.6) is 0 Å². The summed E-state index contributed by atoms with van der Waals surface area (Å²) in [7, 11) is 0. The van der Waals surface area contributed by atoms with Crippen LogP contribution in [0.4, 0.5) is 0 Å². The highest BCUT2D eigenvalue weighted by Gasteiger charge is 2.24. The van der Waals surface area contributed by atoms with E-state index in [2.05, 4.69) is 16.3 Å². The Morgan fingerprint density at radius 2 is 2.50 bits per heavy atom. The summed E-state index contributed by atoms with van der Waals surface area (Å²) < 4.78 is 5.24. The molecule has 1 atom stereocenters. The zero-order valence-electron chi connectivity index (χ0n) is 8.02. The fourth-order valence-corrected chi connectivity index (χ4v) is 3.59. The lowest BCUT2D eigenvalue weighted by Crippen LogP contribution is -1.95. The number of hydrogen-bond acceptors (Lipinski definition) is 5. The molecule has 14 heavy (non-hydrogen) atoms. The predicted octanol–water partition coefficient (Wildman–Crippen LogP) is 2.31. The summed E-state index contributed by atoms with van der Waals surface area (Å²) in [6.45, 7) is 2.05. The van der Waals surface area contributed by atoms with Crippen molar-refractivity contribution >= 4 is 29.1 Å². The number of aryl methyl sites for hydroxylation is 1. The number of carbonyl (C=O) groups excluding carboxylic acids is 1. The number of carbonyl (C=O) groups is 1. The maximum absolute atomic E-state index is 11.1. The molecular formula is C9H12N2OS2. The molecule has 0 aliphatic heterocycles. The lowest BCUT2D eigenvalue weighted by molar-refractivity contribution is -0.117. The number of thioether (sulfide) groups is 1. The standard InChI is InChI=1S/C9H12N2OS2/c1-2-8-10-9(14-11-8)13-7-4-3-6(12)5-7/h7H,2-5H2,1H3. The smallest absolute Gasteiger partial charge is 0.170 e. The highest BCUT2D eigenvalue weighted by Crippen LogP contribution is 2.33. The van der Waals surface area contributed by atoms with Gasteiger partial charge in [-0.2, -0.15) is 4.37 Å². The molecule has 1 unspecified atom stereocenters. The van der Waals surface area contributed by atoms with Gasteiger partial charge in [-0.1, -0.05) is 18.7 Å². The Bertz CT molecular complexity index is 337. The van der Waals surface area contributed by atoms with Gasteiger partial charge in [0.1, 0.15) is 11.6 Å². The molecule has 3 nitrogen and oxygen atoms in total. The Hall–Kier alpha value is -0.420. The molecule has 1 aromatic heterocycles. The monoisotopic (exact) mass is 228 g/mol. The first kappa shape index (κ1) is 10.1. The lowest BCUT2D eigenvalue weighted by atomic mass is 10.4. The van der Waals surface area contributed by atoms with Crippen molar-refractivity contribution in [3.05, 3.63) is 5.82 Å². The molecule has 0 N–H and O–H groups in total. The average Bonchev–Trinajstić information content (AvgIpc) is 2.76. The zero-order chi connectivity index (χ0) is 9.97. The highest BCUT2D eigenvalue weighted by molar-refractivity contribution is 8.01. The van der Waals surface area contributed by atoms with Gasteiger partial charge in [0.25, 0.3) is 0 Å². The van der Waals surface area contributed by atoms with E-state index in [1.807, 2.05) is 0 Å². The van der Waals surface area contributed by atoms with Crippen LogP contribution in [0, 0.1) is 0 Å². The van der Waals surface area contributed by atoms with Crippen LogP contribution < -0.4 is 0 Å². The molecule has 0 radical (unpaired) electrons. The number of hydrogen-bond donors (Lipinski definition) is 0. The minimum atomic E-state index is 0.391. The highest BCUT2D eigenvalue weighted by atomic mass is 32.2. The molecule has 0 spiro atoms. The number of nitrogens with zero attached hydrogens (tertiary/aromatic N) is 2. The molecular weight excluding hydrogens is 216 g/mol. The van der Waals surface area contributed by atoms with E-state index in [9.17, 15) is 4.79 Å². The van der Waals surface area contributed by atoms with Crippen LogP contribution >= 0.6 is 23.3 Å². The van der Waals surface area contributed by atoms with E-state index in [0.29, 0.717) is 17.5 Å². The Kier molecular flexibility index (Phi) is 3.18. The van der Waals surface area contributed by atoms with E-state index in [1.54, 1.807) is 11.8 Å². The van der Waals surface area contributed by atoms with Crippen LogP contribution in [0.1, 0.15) is 32.0 Å². The number of rotatable bonds is 3. The van der Waals surface area contributed by atoms with Crippen molar-refractivity contribution in [2.75, 3.05) is 0 Å². The van der Waals surface area contributed by atoms with Crippen LogP contribution in [0.25, 0.3) is 0 Å². The number of Topliss-reactive ketones (excluding diaryl/α,β-unsaturated/α-hetero) is 1. The van der Waals surface area contributed by atoms with E-state index in [1.165, 1.54) is 11.5 Å². The van der Waals surface area contributed by atoms with E-state index >= 15 is 0 Å². The van der Waals surface area contributed by atoms with Crippen LogP contribution in [0.2, 0.25) is 0 Å². The third-order valence-corrected chi connectivity index (χ3v) is 4.32. The third kappa shape index (κ3) is 2.33. The van der Waals surface area contributed by atoms with Gasteiger partial charge in [0, 0.05) is 24.5 Å². The van der Waals surface area contributed by atoms with Gasteiger partial charge in [-0.3, -0.25) is 4.79 Å². The summed E-state index contributed by atoms with van der Waals surface area (Å²) >= 11 is 3.17. The van der Waals surface area contributed by atoms with Crippen molar-refractivity contribution in [1.29, 1.82) is 0 Å². The molecule has 1 aliphatic carbocycles. The first-order chi connectivity index (χ1) is 6.78. The van der Waals surface area contributed by atoms with E-state index in [0.717, 1.165) is 29.4 Å². The first-order valence-corrected chi connectivity index (χ1v) is 6.44. The molecule has 1 heterocycles. The van der Waals surface area contributed by atoms with Crippen molar-refractivity contribution in [1.82, 2.24) is 9.36 Å². The van der Waals surface area contributed by atoms with E-state index in [-0.39, 0.29) is 0 Å². The summed E-state index contributed by atoms with van der Waals surface area (Å²) in [4.78, 5) is 15.4. The molecule has 2 rings (SSSR count). The van der Waals surface area contributed by atoms with Crippen molar-refractivity contribution < 1.29 is 4.79 Å². The van der Waals surface area contributed by atoms with Crippen LogP contribution in [-0.2, 0) is 11.2 Å². The minimum absolute atomic E-state index is 0.391. The summed E-state index contributed by atoms with van der Waals surface area (Å²) in [6.07, 6.45) is 3.36. The topological polar surface area (TPSA) is 42.9 Å². The van der Waals surface area contributed by atoms with Gasteiger partial charge < -0.3 is 0 Å². The number of ketones is 1. The maximum Gasteiger partial charge on any atom is 0.170 e. The van der Waals surface area contributed by atoms with Gasteiger partial charge in [0.15, 0.2) is 4.34 Å².